The molecule has 1 aliphatic heterocycles. The van der Waals surface area contributed by atoms with Gasteiger partial charge in [-0.25, -0.2) is 0 Å². The van der Waals surface area contributed by atoms with Crippen LogP contribution in [0.3, 0.4) is 0 Å². The van der Waals surface area contributed by atoms with E-state index in [0.717, 1.165) is 37.6 Å². The lowest BCUT2D eigenvalue weighted by Gasteiger charge is -2.21. The van der Waals surface area contributed by atoms with Gasteiger partial charge in [0, 0.05) is 51.3 Å². The number of hydrogen-bond donors (Lipinski definition) is 0. The standard InChI is InChI=1S/C23H30N2O3/c1-4-27-21-8-6-5-7-19(21)16-25-13-14-28-22-11-9-18(15-20(22)17-25)10-12-23(26)24(2)3/h5-9,11,15H,4,10,12-14,16-17H2,1-3H3. The number of para-hydroxylation sites is 1. The number of benzene rings is 2. The average Bonchev–Trinajstić information content (AvgIpc) is 2.89. The highest BCUT2D eigenvalue weighted by atomic mass is 16.5. The van der Waals surface area contributed by atoms with Gasteiger partial charge in [0.15, 0.2) is 0 Å². The van der Waals surface area contributed by atoms with Gasteiger partial charge in [0.2, 0.25) is 5.91 Å². The third-order valence-corrected chi connectivity index (χ3v) is 4.98. The van der Waals surface area contributed by atoms with Crippen LogP contribution in [-0.4, -0.2) is 49.6 Å². The smallest absolute Gasteiger partial charge is 0.222 e. The molecule has 1 amide bonds. The minimum atomic E-state index is 0.153. The van der Waals surface area contributed by atoms with E-state index in [0.29, 0.717) is 19.6 Å². The molecule has 28 heavy (non-hydrogen) atoms. The van der Waals surface area contributed by atoms with Gasteiger partial charge in [0.25, 0.3) is 0 Å². The summed E-state index contributed by atoms with van der Waals surface area (Å²) in [6.45, 7) is 5.85. The molecule has 5 heteroatoms. The highest BCUT2D eigenvalue weighted by molar-refractivity contribution is 5.75. The predicted molar refractivity (Wildman–Crippen MR) is 111 cm³/mol. The molecule has 5 nitrogen and oxygen atoms in total. The van der Waals surface area contributed by atoms with E-state index in [9.17, 15) is 4.79 Å². The summed E-state index contributed by atoms with van der Waals surface area (Å²) < 4.78 is 11.7. The van der Waals surface area contributed by atoms with E-state index in [-0.39, 0.29) is 5.91 Å². The SMILES string of the molecule is CCOc1ccccc1CN1CCOc2ccc(CCC(=O)N(C)C)cc2C1. The zero-order chi connectivity index (χ0) is 19.9. The Labute approximate surface area is 167 Å². The van der Waals surface area contributed by atoms with Gasteiger partial charge in [-0.2, -0.15) is 0 Å². The second kappa shape index (κ2) is 9.60. The minimum absolute atomic E-state index is 0.153. The minimum Gasteiger partial charge on any atom is -0.494 e. The zero-order valence-electron chi connectivity index (χ0n) is 17.1. The number of nitrogens with zero attached hydrogens (tertiary/aromatic N) is 2. The number of hydrogen-bond acceptors (Lipinski definition) is 4. The number of rotatable bonds is 7. The molecule has 0 saturated carbocycles. The molecule has 0 bridgehead atoms. The van der Waals surface area contributed by atoms with Crippen LogP contribution in [0.1, 0.15) is 30.0 Å². The topological polar surface area (TPSA) is 42.0 Å². The second-order valence-corrected chi connectivity index (χ2v) is 7.33. The van der Waals surface area contributed by atoms with E-state index in [2.05, 4.69) is 29.2 Å². The van der Waals surface area contributed by atoms with Crippen molar-refractivity contribution in [2.75, 3.05) is 33.9 Å². The van der Waals surface area contributed by atoms with Crippen LogP contribution in [0, 0.1) is 0 Å². The maximum Gasteiger partial charge on any atom is 0.222 e. The number of fused-ring (bicyclic) bond motifs is 1. The van der Waals surface area contributed by atoms with Crippen LogP contribution in [0.2, 0.25) is 0 Å². The first kappa shape index (κ1) is 20.2. The molecule has 3 rings (SSSR count). The molecule has 0 unspecified atom stereocenters. The van der Waals surface area contributed by atoms with Crippen molar-refractivity contribution in [2.24, 2.45) is 0 Å². The van der Waals surface area contributed by atoms with Crippen molar-refractivity contribution < 1.29 is 14.3 Å². The predicted octanol–water partition coefficient (Wildman–Crippen LogP) is 3.50. The van der Waals surface area contributed by atoms with Gasteiger partial charge in [0.05, 0.1) is 6.61 Å². The summed E-state index contributed by atoms with van der Waals surface area (Å²) in [5, 5.41) is 0. The molecule has 1 heterocycles. The molecule has 0 spiro atoms. The third-order valence-electron chi connectivity index (χ3n) is 4.98. The first-order chi connectivity index (χ1) is 13.6. The van der Waals surface area contributed by atoms with E-state index < -0.39 is 0 Å². The lowest BCUT2D eigenvalue weighted by molar-refractivity contribution is -0.128. The largest absolute Gasteiger partial charge is 0.494 e. The van der Waals surface area contributed by atoms with Gasteiger partial charge in [-0.15, -0.1) is 0 Å². The summed E-state index contributed by atoms with van der Waals surface area (Å²) in [6.07, 6.45) is 1.27. The summed E-state index contributed by atoms with van der Waals surface area (Å²) >= 11 is 0. The average molecular weight is 383 g/mol. The number of ether oxygens (including phenoxy) is 2. The van der Waals surface area contributed by atoms with E-state index >= 15 is 0 Å². The number of carbonyl (C=O) groups is 1. The fourth-order valence-electron chi connectivity index (χ4n) is 3.44. The maximum absolute atomic E-state index is 11.9. The van der Waals surface area contributed by atoms with Crippen LogP contribution in [-0.2, 0) is 24.3 Å². The Morgan fingerprint density at radius 1 is 1.21 bits per heavy atom. The molecule has 2 aromatic rings. The summed E-state index contributed by atoms with van der Waals surface area (Å²) in [5.74, 6) is 2.05. The molecule has 0 saturated heterocycles. The summed E-state index contributed by atoms with van der Waals surface area (Å²) in [4.78, 5) is 15.9. The Kier molecular flexibility index (Phi) is 6.93. The molecule has 1 aliphatic rings. The van der Waals surface area contributed by atoms with Gasteiger partial charge in [0.1, 0.15) is 18.1 Å². The molecule has 150 valence electrons. The van der Waals surface area contributed by atoms with Gasteiger partial charge in [-0.3, -0.25) is 9.69 Å². The molecule has 0 N–H and O–H groups in total. The first-order valence-electron chi connectivity index (χ1n) is 9.94. The number of carbonyl (C=O) groups excluding carboxylic acids is 1. The van der Waals surface area contributed by atoms with Crippen LogP contribution in [0.25, 0.3) is 0 Å². The Morgan fingerprint density at radius 3 is 2.82 bits per heavy atom. The number of amides is 1. The van der Waals surface area contributed by atoms with Crippen molar-refractivity contribution in [2.45, 2.75) is 32.9 Å². The van der Waals surface area contributed by atoms with E-state index in [4.69, 9.17) is 9.47 Å². The van der Waals surface area contributed by atoms with E-state index in [1.54, 1.807) is 19.0 Å². The summed E-state index contributed by atoms with van der Waals surface area (Å²) in [7, 11) is 3.59. The molecular formula is C23H30N2O3. The van der Waals surface area contributed by atoms with E-state index in [1.165, 1.54) is 16.7 Å². The fraction of sp³-hybridized carbons (Fsp3) is 0.435. The van der Waals surface area contributed by atoms with Crippen molar-refractivity contribution in [3.05, 3.63) is 59.2 Å². The first-order valence-corrected chi connectivity index (χ1v) is 9.94. The highest BCUT2D eigenvalue weighted by Crippen LogP contribution is 2.27. The Morgan fingerprint density at radius 2 is 2.04 bits per heavy atom. The van der Waals surface area contributed by atoms with Crippen molar-refractivity contribution in [1.29, 1.82) is 0 Å². The van der Waals surface area contributed by atoms with Crippen LogP contribution < -0.4 is 9.47 Å². The monoisotopic (exact) mass is 382 g/mol. The quantitative estimate of drug-likeness (QED) is 0.735. The van der Waals surface area contributed by atoms with Gasteiger partial charge >= 0.3 is 0 Å². The highest BCUT2D eigenvalue weighted by Gasteiger charge is 2.18. The van der Waals surface area contributed by atoms with E-state index in [1.807, 2.05) is 25.1 Å². The van der Waals surface area contributed by atoms with Gasteiger partial charge in [-0.1, -0.05) is 30.3 Å². The molecule has 0 atom stereocenters. The van der Waals surface area contributed by atoms with Crippen LogP contribution in [0.15, 0.2) is 42.5 Å². The zero-order valence-corrected chi connectivity index (χ0v) is 17.1. The van der Waals surface area contributed by atoms with Crippen molar-refractivity contribution in [3.8, 4) is 11.5 Å². The molecule has 0 radical (unpaired) electrons. The van der Waals surface area contributed by atoms with Crippen molar-refractivity contribution in [1.82, 2.24) is 9.80 Å². The Hall–Kier alpha value is -2.53. The Balaban J connectivity index is 1.71. The molecule has 0 aliphatic carbocycles. The van der Waals surface area contributed by atoms with Crippen LogP contribution >= 0.6 is 0 Å². The van der Waals surface area contributed by atoms with Crippen LogP contribution in [0.5, 0.6) is 11.5 Å². The summed E-state index contributed by atoms with van der Waals surface area (Å²) in [6, 6.07) is 14.5. The number of aryl methyl sites for hydroxylation is 1. The van der Waals surface area contributed by atoms with Crippen molar-refractivity contribution in [3.63, 3.8) is 0 Å². The Bertz CT molecular complexity index is 804. The molecule has 0 aromatic heterocycles. The molecular weight excluding hydrogens is 352 g/mol. The third kappa shape index (κ3) is 5.26. The lowest BCUT2D eigenvalue weighted by Crippen LogP contribution is -2.25. The van der Waals surface area contributed by atoms with Crippen molar-refractivity contribution >= 4 is 5.91 Å². The molecule has 2 aromatic carbocycles. The fourth-order valence-corrected chi connectivity index (χ4v) is 3.44. The molecule has 0 fully saturated rings. The lowest BCUT2D eigenvalue weighted by atomic mass is 10.0. The van der Waals surface area contributed by atoms with Gasteiger partial charge in [-0.05, 0) is 31.0 Å². The maximum atomic E-state index is 11.9. The second-order valence-electron chi connectivity index (χ2n) is 7.33. The van der Waals surface area contributed by atoms with Crippen LogP contribution in [0.4, 0.5) is 0 Å². The normalized spacial score (nSPS) is 14.0. The summed E-state index contributed by atoms with van der Waals surface area (Å²) in [5.41, 5.74) is 3.55. The van der Waals surface area contributed by atoms with Gasteiger partial charge < -0.3 is 14.4 Å².